The van der Waals surface area contributed by atoms with Crippen molar-refractivity contribution < 1.29 is 41.1 Å². The monoisotopic (exact) mass is 666 g/mol. The minimum Gasteiger partial charge on any atom is -0.469 e. The molecule has 5 aliphatic rings. The maximum absolute atomic E-state index is 12.0. The van der Waals surface area contributed by atoms with Crippen LogP contribution in [-0.2, 0) is 42.8 Å². The van der Waals surface area contributed by atoms with Gasteiger partial charge >= 0.3 is 5.97 Å². The van der Waals surface area contributed by atoms with E-state index in [0.29, 0.717) is 24.4 Å². The van der Waals surface area contributed by atoms with Crippen molar-refractivity contribution in [3.63, 3.8) is 0 Å². The van der Waals surface area contributed by atoms with Crippen molar-refractivity contribution in [3.8, 4) is 0 Å². The third-order valence-electron chi connectivity index (χ3n) is 10.7. The Morgan fingerprint density at radius 3 is 2.37 bits per heavy atom. The Morgan fingerprint density at radius 1 is 0.978 bits per heavy atom. The number of fused-ring (bicyclic) bond motifs is 1. The molecule has 7 atom stereocenters. The van der Waals surface area contributed by atoms with Gasteiger partial charge in [-0.1, -0.05) is 43.8 Å². The van der Waals surface area contributed by atoms with Crippen LogP contribution < -0.4 is 0 Å². The van der Waals surface area contributed by atoms with Gasteiger partial charge in [0.25, 0.3) is 10.1 Å². The van der Waals surface area contributed by atoms with Crippen molar-refractivity contribution in [1.29, 1.82) is 0 Å². The molecule has 2 saturated carbocycles. The number of carbonyl (C=O) groups is 1. The van der Waals surface area contributed by atoms with Crippen molar-refractivity contribution in [2.24, 2.45) is 29.6 Å². The van der Waals surface area contributed by atoms with E-state index in [1.807, 2.05) is 0 Å². The fraction of sp³-hybridized carbons (Fsp3) is 0.861. The maximum atomic E-state index is 12.0. The topological polar surface area (TPSA) is 107 Å². The predicted molar refractivity (Wildman–Crippen MR) is 175 cm³/mol. The summed E-state index contributed by atoms with van der Waals surface area (Å²) in [4.78, 5) is 11.2. The van der Waals surface area contributed by atoms with Gasteiger partial charge in [0.2, 0.25) is 0 Å². The lowest BCUT2D eigenvalue weighted by Gasteiger charge is -2.34. The molecule has 46 heavy (non-hydrogen) atoms. The third kappa shape index (κ3) is 11.0. The molecule has 2 saturated heterocycles. The highest BCUT2D eigenvalue weighted by Crippen LogP contribution is 2.53. The van der Waals surface area contributed by atoms with Gasteiger partial charge in [-0.2, -0.15) is 8.42 Å². The number of allylic oxidation sites excluding steroid dienone is 2. The van der Waals surface area contributed by atoms with E-state index in [2.05, 4.69) is 12.2 Å². The van der Waals surface area contributed by atoms with Gasteiger partial charge in [-0.15, -0.1) is 0 Å². The number of carbonyl (C=O) groups excluding carboxylic acids is 1. The lowest BCUT2D eigenvalue weighted by Crippen LogP contribution is -2.34. The van der Waals surface area contributed by atoms with E-state index in [1.54, 1.807) is 0 Å². The van der Waals surface area contributed by atoms with E-state index in [4.69, 9.17) is 27.9 Å². The minimum absolute atomic E-state index is 0.00783. The van der Waals surface area contributed by atoms with Crippen LogP contribution in [0.5, 0.6) is 0 Å². The highest BCUT2D eigenvalue weighted by molar-refractivity contribution is 7.85. The molecule has 262 valence electrons. The van der Waals surface area contributed by atoms with Gasteiger partial charge in [-0.25, -0.2) is 0 Å². The Bertz CT molecular complexity index is 1120. The Morgan fingerprint density at radius 2 is 1.70 bits per heavy atom. The zero-order chi connectivity index (χ0) is 32.4. The fourth-order valence-electron chi connectivity index (χ4n) is 8.28. The molecule has 0 radical (unpaired) electrons. The highest BCUT2D eigenvalue weighted by atomic mass is 32.2. The van der Waals surface area contributed by atoms with E-state index < -0.39 is 10.1 Å². The van der Waals surface area contributed by atoms with Crippen LogP contribution in [0.2, 0.25) is 0 Å². The number of rotatable bonds is 16. The molecule has 4 fully saturated rings. The van der Waals surface area contributed by atoms with Crippen LogP contribution in [0.3, 0.4) is 0 Å². The number of hydrogen-bond acceptors (Lipinski definition) is 9. The van der Waals surface area contributed by atoms with Gasteiger partial charge in [0, 0.05) is 31.8 Å². The molecule has 0 bridgehead atoms. The van der Waals surface area contributed by atoms with Crippen LogP contribution in [0, 0.1) is 29.6 Å². The zero-order valence-electron chi connectivity index (χ0n) is 28.2. The molecule has 10 heteroatoms. The summed E-state index contributed by atoms with van der Waals surface area (Å²) in [5.41, 5.74) is 1.27. The summed E-state index contributed by atoms with van der Waals surface area (Å²) in [5, 5.41) is 0. The second-order valence-electron chi connectivity index (χ2n) is 14.3. The normalized spacial score (nSPS) is 31.7. The largest absolute Gasteiger partial charge is 0.469 e. The molecule has 0 N–H and O–H groups in total. The summed E-state index contributed by atoms with van der Waals surface area (Å²) in [6.07, 6.45) is 23.3. The molecular weight excluding hydrogens is 608 g/mol. The number of unbranched alkanes of at least 4 members (excludes halogenated alkanes) is 1. The first-order valence-electron chi connectivity index (χ1n) is 18.2. The SMILES string of the molecule is CC(=O)OCCCCC(COS(C)(=O)=O)C1=CC2C[C@H](OC3CCCCO3)[C@@H](C(=CCC3CCCCC3)OC3CCCCO3)C2C1. The number of esters is 1. The smallest absolute Gasteiger partial charge is 0.302 e. The molecule has 2 heterocycles. The second kappa shape index (κ2) is 17.8. The molecule has 5 rings (SSSR count). The van der Waals surface area contributed by atoms with Gasteiger partial charge in [0.1, 0.15) is 5.76 Å². The minimum atomic E-state index is -3.57. The second-order valence-corrected chi connectivity index (χ2v) is 15.9. The average molecular weight is 667 g/mol. The first kappa shape index (κ1) is 35.8. The molecule has 0 aromatic heterocycles. The summed E-state index contributed by atoms with van der Waals surface area (Å²) in [6.45, 7) is 3.41. The van der Waals surface area contributed by atoms with Crippen molar-refractivity contribution in [3.05, 3.63) is 23.5 Å². The Balaban J connectivity index is 1.36. The van der Waals surface area contributed by atoms with Gasteiger partial charge in [0.15, 0.2) is 12.6 Å². The van der Waals surface area contributed by atoms with Crippen LogP contribution in [0.25, 0.3) is 0 Å². The summed E-state index contributed by atoms with van der Waals surface area (Å²) < 4.78 is 60.3. The first-order chi connectivity index (χ1) is 22.2. The lowest BCUT2D eigenvalue weighted by molar-refractivity contribution is -0.201. The summed E-state index contributed by atoms with van der Waals surface area (Å²) in [5.74, 6) is 2.12. The molecule has 0 aromatic rings. The summed E-state index contributed by atoms with van der Waals surface area (Å²) >= 11 is 0. The van der Waals surface area contributed by atoms with Crippen LogP contribution in [0.15, 0.2) is 23.5 Å². The number of ether oxygens (including phenoxy) is 5. The molecule has 0 spiro atoms. The molecule has 9 nitrogen and oxygen atoms in total. The molecule has 0 aromatic carbocycles. The van der Waals surface area contributed by atoms with E-state index in [9.17, 15) is 13.2 Å². The molecule has 5 unspecified atom stereocenters. The van der Waals surface area contributed by atoms with Crippen molar-refractivity contribution in [2.45, 2.75) is 135 Å². The van der Waals surface area contributed by atoms with Crippen molar-refractivity contribution >= 4 is 16.1 Å². The van der Waals surface area contributed by atoms with Crippen LogP contribution in [0.1, 0.15) is 116 Å². The van der Waals surface area contributed by atoms with E-state index in [0.717, 1.165) is 102 Å². The van der Waals surface area contributed by atoms with E-state index in [1.165, 1.54) is 44.6 Å². The van der Waals surface area contributed by atoms with E-state index in [-0.39, 0.29) is 43.1 Å². The molecule has 2 aliphatic heterocycles. The fourth-order valence-corrected chi connectivity index (χ4v) is 8.69. The summed E-state index contributed by atoms with van der Waals surface area (Å²) in [7, 11) is -3.57. The first-order valence-corrected chi connectivity index (χ1v) is 20.0. The average Bonchev–Trinajstić information content (AvgIpc) is 3.59. The van der Waals surface area contributed by atoms with Gasteiger partial charge in [0.05, 0.1) is 32.2 Å². The van der Waals surface area contributed by atoms with Crippen LogP contribution >= 0.6 is 0 Å². The van der Waals surface area contributed by atoms with Gasteiger partial charge in [-0.3, -0.25) is 8.98 Å². The van der Waals surface area contributed by atoms with Crippen molar-refractivity contribution in [2.75, 3.05) is 32.7 Å². The van der Waals surface area contributed by atoms with Crippen LogP contribution in [-0.4, -0.2) is 65.8 Å². The third-order valence-corrected chi connectivity index (χ3v) is 11.2. The van der Waals surface area contributed by atoms with Crippen molar-refractivity contribution in [1.82, 2.24) is 0 Å². The molecule has 3 aliphatic carbocycles. The molecule has 0 amide bonds. The van der Waals surface area contributed by atoms with E-state index >= 15 is 0 Å². The van der Waals surface area contributed by atoms with Gasteiger partial charge < -0.3 is 23.7 Å². The zero-order valence-corrected chi connectivity index (χ0v) is 29.0. The number of hydrogen-bond donors (Lipinski definition) is 0. The Kier molecular flexibility index (Phi) is 13.9. The quantitative estimate of drug-likeness (QED) is 0.0556. The Hall–Kier alpha value is -1.46. The summed E-state index contributed by atoms with van der Waals surface area (Å²) in [6, 6.07) is 0. The van der Waals surface area contributed by atoms with Crippen LogP contribution in [0.4, 0.5) is 0 Å². The molecular formula is C36H58O9S. The maximum Gasteiger partial charge on any atom is 0.302 e. The predicted octanol–water partition coefficient (Wildman–Crippen LogP) is 7.20. The standard InChI is InChI=1S/C36H58O9S/c1-26(37)40-19-9-6-14-28(25-43-46(2,38)39)29-22-30-24-33(45-35-16-8-11-21-42-35)36(31(30)23-29)32(44-34-15-7-10-20-41-34)18-17-27-12-4-3-5-13-27/h18,22,27-28,30-31,33-36H,3-17,19-21,23-25H2,1-2H3/t28?,30?,31?,33-,34?,35?,36+/m0/s1. The Labute approximate surface area is 277 Å². The highest BCUT2D eigenvalue weighted by Gasteiger charge is 2.50. The van der Waals surface area contributed by atoms with Gasteiger partial charge in [-0.05, 0) is 94.5 Å². The lowest BCUT2D eigenvalue weighted by atomic mass is 9.83.